The molecule has 0 bridgehead atoms. The number of hydrogen-bond acceptors (Lipinski definition) is 2. The first-order valence-electron chi connectivity index (χ1n) is 6.43. The monoisotopic (exact) mass is 234 g/mol. The van der Waals surface area contributed by atoms with E-state index in [9.17, 15) is 9.90 Å². The summed E-state index contributed by atoms with van der Waals surface area (Å²) >= 11 is 0. The summed E-state index contributed by atoms with van der Waals surface area (Å²) in [6.07, 6.45) is 3.86. The van der Waals surface area contributed by atoms with Gasteiger partial charge in [0.1, 0.15) is 0 Å². The van der Waals surface area contributed by atoms with E-state index >= 15 is 0 Å². The van der Waals surface area contributed by atoms with Gasteiger partial charge in [0, 0.05) is 5.92 Å². The Kier molecular flexibility index (Phi) is 3.03. The largest absolute Gasteiger partial charge is 0.393 e. The van der Waals surface area contributed by atoms with Crippen LogP contribution in [0.1, 0.15) is 40.0 Å². The maximum absolute atomic E-state index is 12.0. The number of carbonyl (C=O) groups excluding carboxylic acids is 1. The molecule has 0 heterocycles. The lowest BCUT2D eigenvalue weighted by atomic mass is 9.57. The number of aliphatic hydroxyl groups is 1. The lowest BCUT2D eigenvalue weighted by molar-refractivity contribution is -0.119. The van der Waals surface area contributed by atoms with Gasteiger partial charge in [0.2, 0.25) is 0 Å². The number of aliphatic hydroxyl groups excluding tert-OH is 1. The number of allylic oxidation sites excluding steroid dienone is 2. The maximum atomic E-state index is 12.0. The first-order chi connectivity index (χ1) is 7.84. The van der Waals surface area contributed by atoms with Crippen molar-refractivity contribution in [1.29, 1.82) is 0 Å². The predicted molar refractivity (Wildman–Crippen MR) is 68.5 cm³/mol. The van der Waals surface area contributed by atoms with Crippen molar-refractivity contribution in [2.24, 2.45) is 17.3 Å². The molecule has 0 spiro atoms. The van der Waals surface area contributed by atoms with Crippen molar-refractivity contribution in [1.82, 2.24) is 0 Å². The fourth-order valence-electron chi connectivity index (χ4n) is 3.33. The van der Waals surface area contributed by atoms with Gasteiger partial charge in [0.15, 0.2) is 5.78 Å². The number of carbonyl (C=O) groups is 1. The second-order valence-corrected chi connectivity index (χ2v) is 6.09. The zero-order chi connectivity index (χ0) is 12.8. The van der Waals surface area contributed by atoms with Crippen LogP contribution < -0.4 is 0 Å². The minimum atomic E-state index is -0.279. The molecule has 0 aromatic heterocycles. The third-order valence-corrected chi connectivity index (χ3v) is 4.79. The molecule has 2 aliphatic carbocycles. The molecule has 0 amide bonds. The summed E-state index contributed by atoms with van der Waals surface area (Å²) in [5.74, 6) is 0.570. The smallest absolute Gasteiger partial charge is 0.162 e. The molecule has 0 radical (unpaired) electrons. The van der Waals surface area contributed by atoms with Gasteiger partial charge in [0.05, 0.1) is 6.10 Å². The van der Waals surface area contributed by atoms with Gasteiger partial charge in [0.25, 0.3) is 0 Å². The number of rotatable bonds is 1. The van der Waals surface area contributed by atoms with Gasteiger partial charge in [-0.25, -0.2) is 0 Å². The Morgan fingerprint density at radius 1 is 1.59 bits per heavy atom. The summed E-state index contributed by atoms with van der Waals surface area (Å²) < 4.78 is 0. The second-order valence-electron chi connectivity index (χ2n) is 6.09. The van der Waals surface area contributed by atoms with Gasteiger partial charge in [-0.05, 0) is 43.6 Å². The van der Waals surface area contributed by atoms with Crippen molar-refractivity contribution in [2.75, 3.05) is 0 Å². The Bertz CT molecular complexity index is 394. The molecule has 2 nitrogen and oxygen atoms in total. The molecular weight excluding hydrogens is 212 g/mol. The van der Waals surface area contributed by atoms with Crippen molar-refractivity contribution in [2.45, 2.75) is 46.1 Å². The fourth-order valence-corrected chi connectivity index (χ4v) is 3.33. The zero-order valence-electron chi connectivity index (χ0n) is 11.0. The fraction of sp³-hybridized carbons (Fsp3) is 0.667. The lowest BCUT2D eigenvalue weighted by Gasteiger charge is -2.47. The number of hydrogen-bond donors (Lipinski definition) is 1. The van der Waals surface area contributed by atoms with Gasteiger partial charge in [-0.15, -0.1) is 0 Å². The molecule has 94 valence electrons. The van der Waals surface area contributed by atoms with Crippen LogP contribution in [0.25, 0.3) is 0 Å². The summed E-state index contributed by atoms with van der Waals surface area (Å²) in [6, 6.07) is 0. The van der Waals surface area contributed by atoms with E-state index in [1.54, 1.807) is 6.08 Å². The highest BCUT2D eigenvalue weighted by molar-refractivity contribution is 5.95. The van der Waals surface area contributed by atoms with E-state index in [1.165, 1.54) is 0 Å². The molecule has 1 fully saturated rings. The highest BCUT2D eigenvalue weighted by Crippen LogP contribution is 2.52. The maximum Gasteiger partial charge on any atom is 0.162 e. The van der Waals surface area contributed by atoms with E-state index in [2.05, 4.69) is 20.4 Å². The quantitative estimate of drug-likeness (QED) is 0.708. The van der Waals surface area contributed by atoms with Gasteiger partial charge in [-0.2, -0.15) is 0 Å². The Morgan fingerprint density at radius 3 is 2.82 bits per heavy atom. The topological polar surface area (TPSA) is 37.3 Å². The Labute approximate surface area is 103 Å². The predicted octanol–water partition coefficient (Wildman–Crippen LogP) is 2.88. The molecule has 0 unspecified atom stereocenters. The summed E-state index contributed by atoms with van der Waals surface area (Å²) in [5.41, 5.74) is 2.17. The van der Waals surface area contributed by atoms with E-state index in [-0.39, 0.29) is 23.2 Å². The van der Waals surface area contributed by atoms with Crippen LogP contribution in [0.4, 0.5) is 0 Å². The van der Waals surface area contributed by atoms with Crippen molar-refractivity contribution in [3.63, 3.8) is 0 Å². The van der Waals surface area contributed by atoms with Crippen LogP contribution in [-0.4, -0.2) is 17.0 Å². The minimum absolute atomic E-state index is 0.0264. The zero-order valence-corrected chi connectivity index (χ0v) is 11.0. The molecule has 0 aromatic rings. The van der Waals surface area contributed by atoms with Crippen molar-refractivity contribution in [3.8, 4) is 0 Å². The first kappa shape index (κ1) is 12.6. The van der Waals surface area contributed by atoms with Crippen molar-refractivity contribution >= 4 is 5.78 Å². The highest BCUT2D eigenvalue weighted by Gasteiger charge is 2.46. The SMILES string of the molecule is C=C(C)[C@@H]1C[C@]2(C)C(=CC1=O)C[C@H](O)C[C@H]2C. The average molecular weight is 234 g/mol. The van der Waals surface area contributed by atoms with Crippen LogP contribution >= 0.6 is 0 Å². The normalized spacial score (nSPS) is 41.8. The Balaban J connectivity index is 2.38. The molecule has 2 heteroatoms. The standard InChI is InChI=1S/C15H22O2/c1-9(2)13-8-15(4)10(3)5-12(16)6-11(15)7-14(13)17/h7,10,12-13,16H,1,5-6,8H2,2-4H3/t10-,12-,13+,15+/m1/s1. The van der Waals surface area contributed by atoms with Crippen LogP contribution in [0.5, 0.6) is 0 Å². The third kappa shape index (κ3) is 1.99. The van der Waals surface area contributed by atoms with E-state index in [4.69, 9.17) is 0 Å². The highest BCUT2D eigenvalue weighted by atomic mass is 16.3. The van der Waals surface area contributed by atoms with E-state index in [1.807, 2.05) is 6.92 Å². The summed E-state index contributed by atoms with van der Waals surface area (Å²) in [4.78, 5) is 12.0. The van der Waals surface area contributed by atoms with Crippen LogP contribution in [0, 0.1) is 17.3 Å². The molecule has 17 heavy (non-hydrogen) atoms. The Morgan fingerprint density at radius 2 is 2.24 bits per heavy atom. The van der Waals surface area contributed by atoms with Crippen molar-refractivity contribution in [3.05, 3.63) is 23.8 Å². The van der Waals surface area contributed by atoms with Gasteiger partial charge in [-0.3, -0.25) is 4.79 Å². The molecule has 4 atom stereocenters. The van der Waals surface area contributed by atoms with Crippen LogP contribution in [0.2, 0.25) is 0 Å². The number of ketones is 1. The summed E-state index contributed by atoms with van der Waals surface area (Å²) in [6.45, 7) is 10.3. The lowest BCUT2D eigenvalue weighted by Crippen LogP contribution is -2.42. The van der Waals surface area contributed by atoms with Gasteiger partial charge in [-0.1, -0.05) is 31.6 Å². The third-order valence-electron chi connectivity index (χ3n) is 4.79. The van der Waals surface area contributed by atoms with Crippen molar-refractivity contribution < 1.29 is 9.90 Å². The van der Waals surface area contributed by atoms with Crippen LogP contribution in [0.3, 0.4) is 0 Å². The average Bonchev–Trinajstić information content (AvgIpc) is 2.20. The molecule has 2 aliphatic rings. The molecule has 0 saturated heterocycles. The van der Waals surface area contributed by atoms with Crippen LogP contribution in [-0.2, 0) is 4.79 Å². The van der Waals surface area contributed by atoms with Crippen LogP contribution in [0.15, 0.2) is 23.8 Å². The molecule has 1 N–H and O–H groups in total. The Hall–Kier alpha value is -0.890. The molecule has 1 saturated carbocycles. The van der Waals surface area contributed by atoms with E-state index < -0.39 is 0 Å². The molecule has 2 rings (SSSR count). The minimum Gasteiger partial charge on any atom is -0.393 e. The summed E-state index contributed by atoms with van der Waals surface area (Å²) in [5, 5.41) is 9.82. The molecule has 0 aromatic carbocycles. The van der Waals surface area contributed by atoms with Gasteiger partial charge < -0.3 is 5.11 Å². The molecule has 0 aliphatic heterocycles. The molecular formula is C15H22O2. The van der Waals surface area contributed by atoms with Gasteiger partial charge >= 0.3 is 0 Å². The van der Waals surface area contributed by atoms with E-state index in [0.29, 0.717) is 12.3 Å². The second kappa shape index (κ2) is 4.09. The number of fused-ring (bicyclic) bond motifs is 1. The first-order valence-corrected chi connectivity index (χ1v) is 6.43. The van der Waals surface area contributed by atoms with E-state index in [0.717, 1.165) is 24.0 Å². The summed E-state index contributed by atoms with van der Waals surface area (Å²) in [7, 11) is 0.